The minimum Gasteiger partial charge on any atom is -0.406 e. The minimum absolute atomic E-state index is 0.104. The summed E-state index contributed by atoms with van der Waals surface area (Å²) in [6.07, 6.45) is 1.09. The fourth-order valence-corrected chi connectivity index (χ4v) is 1.27. The van der Waals surface area contributed by atoms with E-state index in [9.17, 15) is 0 Å². The Labute approximate surface area is 103 Å². The molecule has 0 saturated carbocycles. The fraction of sp³-hybridized carbons (Fsp3) is 0.833. The summed E-state index contributed by atoms with van der Waals surface area (Å²) in [5.41, 5.74) is 0.195. The second-order valence-corrected chi connectivity index (χ2v) is 5.54. The molecule has 0 aliphatic carbocycles. The van der Waals surface area contributed by atoms with Crippen LogP contribution < -0.4 is 10.6 Å². The van der Waals surface area contributed by atoms with Crippen LogP contribution in [-0.4, -0.2) is 23.3 Å². The molecule has 0 radical (unpaired) electrons. The van der Waals surface area contributed by atoms with Crippen molar-refractivity contribution in [1.29, 1.82) is 0 Å². The highest BCUT2D eigenvalue weighted by molar-refractivity contribution is 5.17. The molecular weight excluding hydrogens is 216 g/mol. The van der Waals surface area contributed by atoms with Gasteiger partial charge in [-0.15, -0.1) is 5.10 Å². The van der Waals surface area contributed by atoms with Crippen molar-refractivity contribution in [3.8, 4) is 0 Å². The van der Waals surface area contributed by atoms with Crippen LogP contribution in [0.25, 0.3) is 0 Å². The number of hydrogen-bond donors (Lipinski definition) is 2. The summed E-state index contributed by atoms with van der Waals surface area (Å²) in [7, 11) is 0. The van der Waals surface area contributed by atoms with Gasteiger partial charge in [0.15, 0.2) is 0 Å². The smallest absolute Gasteiger partial charge is 0.315 e. The summed E-state index contributed by atoms with van der Waals surface area (Å²) in [5, 5.41) is 14.5. The van der Waals surface area contributed by atoms with Crippen LogP contribution in [0.5, 0.6) is 0 Å². The van der Waals surface area contributed by atoms with Gasteiger partial charge in [0.2, 0.25) is 5.89 Å². The Kier molecular flexibility index (Phi) is 4.93. The molecule has 98 valence electrons. The van der Waals surface area contributed by atoms with Gasteiger partial charge < -0.3 is 15.1 Å². The van der Waals surface area contributed by atoms with E-state index >= 15 is 0 Å². The first-order chi connectivity index (χ1) is 7.92. The Bertz CT molecular complexity index is 329. The number of anilines is 1. The van der Waals surface area contributed by atoms with Crippen molar-refractivity contribution in [2.24, 2.45) is 5.41 Å². The van der Waals surface area contributed by atoms with Crippen LogP contribution >= 0.6 is 0 Å². The SMILES string of the molecule is CCCNC(C)c1nnc(NCC(C)(C)C)o1. The number of aromatic nitrogens is 2. The lowest BCUT2D eigenvalue weighted by Crippen LogP contribution is -2.19. The van der Waals surface area contributed by atoms with Crippen LogP contribution in [0.15, 0.2) is 4.42 Å². The van der Waals surface area contributed by atoms with Gasteiger partial charge in [0.05, 0.1) is 6.04 Å². The average Bonchev–Trinajstić information content (AvgIpc) is 2.70. The molecule has 1 atom stereocenters. The molecule has 1 rings (SSSR count). The van der Waals surface area contributed by atoms with Crippen molar-refractivity contribution in [3.05, 3.63) is 5.89 Å². The number of hydrogen-bond acceptors (Lipinski definition) is 5. The van der Waals surface area contributed by atoms with Crippen LogP contribution in [0.1, 0.15) is 53.0 Å². The molecule has 1 aromatic heterocycles. The lowest BCUT2D eigenvalue weighted by Gasteiger charge is -2.17. The van der Waals surface area contributed by atoms with Gasteiger partial charge in [-0.05, 0) is 25.3 Å². The second-order valence-electron chi connectivity index (χ2n) is 5.54. The fourth-order valence-electron chi connectivity index (χ4n) is 1.27. The standard InChI is InChI=1S/C12H24N4O/c1-6-7-13-9(2)10-15-16-11(17-10)14-8-12(3,4)5/h9,13H,6-8H2,1-5H3,(H,14,16). The zero-order valence-electron chi connectivity index (χ0n) is 11.5. The molecule has 0 saturated heterocycles. The maximum absolute atomic E-state index is 5.54. The van der Waals surface area contributed by atoms with Gasteiger partial charge >= 0.3 is 6.01 Å². The summed E-state index contributed by atoms with van der Waals surface area (Å²) in [6.45, 7) is 12.4. The third-order valence-corrected chi connectivity index (χ3v) is 2.28. The van der Waals surface area contributed by atoms with Crippen molar-refractivity contribution >= 4 is 6.01 Å². The predicted octanol–water partition coefficient (Wildman–Crippen LogP) is 2.59. The summed E-state index contributed by atoms with van der Waals surface area (Å²) >= 11 is 0. The van der Waals surface area contributed by atoms with E-state index in [2.05, 4.69) is 48.5 Å². The molecule has 1 unspecified atom stereocenters. The number of nitrogens with one attached hydrogen (secondary N) is 2. The molecule has 0 bridgehead atoms. The minimum atomic E-state index is 0.104. The van der Waals surface area contributed by atoms with E-state index < -0.39 is 0 Å². The zero-order valence-corrected chi connectivity index (χ0v) is 11.5. The van der Waals surface area contributed by atoms with Crippen LogP contribution in [0, 0.1) is 5.41 Å². The van der Waals surface area contributed by atoms with Gasteiger partial charge in [-0.3, -0.25) is 0 Å². The second kappa shape index (κ2) is 6.00. The first-order valence-corrected chi connectivity index (χ1v) is 6.23. The lowest BCUT2D eigenvalue weighted by molar-refractivity contribution is 0.408. The first kappa shape index (κ1) is 14.0. The molecule has 17 heavy (non-hydrogen) atoms. The van der Waals surface area contributed by atoms with Gasteiger partial charge in [0.25, 0.3) is 0 Å². The largest absolute Gasteiger partial charge is 0.406 e. The third kappa shape index (κ3) is 5.17. The molecule has 5 heteroatoms. The van der Waals surface area contributed by atoms with Crippen LogP contribution in [0.3, 0.4) is 0 Å². The van der Waals surface area contributed by atoms with Crippen LogP contribution in [-0.2, 0) is 0 Å². The molecule has 0 aliphatic rings. The van der Waals surface area contributed by atoms with Crippen molar-refractivity contribution < 1.29 is 4.42 Å². The van der Waals surface area contributed by atoms with E-state index in [1.54, 1.807) is 0 Å². The van der Waals surface area contributed by atoms with Gasteiger partial charge in [-0.2, -0.15) is 0 Å². The predicted molar refractivity (Wildman–Crippen MR) is 69.0 cm³/mol. The van der Waals surface area contributed by atoms with Gasteiger partial charge in [0, 0.05) is 6.54 Å². The molecule has 1 heterocycles. The van der Waals surface area contributed by atoms with Gasteiger partial charge in [-0.25, -0.2) is 0 Å². The Hall–Kier alpha value is -1.10. The first-order valence-electron chi connectivity index (χ1n) is 6.23. The Balaban J connectivity index is 2.47. The highest BCUT2D eigenvalue weighted by atomic mass is 16.4. The Morgan fingerprint density at radius 2 is 2.00 bits per heavy atom. The highest BCUT2D eigenvalue weighted by Gasteiger charge is 2.15. The van der Waals surface area contributed by atoms with Gasteiger partial charge in [-0.1, -0.05) is 32.8 Å². The third-order valence-electron chi connectivity index (χ3n) is 2.28. The molecule has 1 aromatic rings. The van der Waals surface area contributed by atoms with Crippen LogP contribution in [0.2, 0.25) is 0 Å². The molecule has 0 amide bonds. The van der Waals surface area contributed by atoms with E-state index in [0.29, 0.717) is 11.9 Å². The normalized spacial score (nSPS) is 13.7. The van der Waals surface area contributed by atoms with Crippen LogP contribution in [0.4, 0.5) is 6.01 Å². The maximum Gasteiger partial charge on any atom is 0.315 e. The van der Waals surface area contributed by atoms with Crippen molar-refractivity contribution in [2.45, 2.75) is 47.1 Å². The molecular formula is C12H24N4O. The van der Waals surface area contributed by atoms with E-state index in [0.717, 1.165) is 19.5 Å². The van der Waals surface area contributed by atoms with E-state index in [1.807, 2.05) is 6.92 Å². The Morgan fingerprint density at radius 1 is 1.29 bits per heavy atom. The molecule has 0 spiro atoms. The molecule has 0 aromatic carbocycles. The summed E-state index contributed by atoms with van der Waals surface area (Å²) < 4.78 is 5.54. The monoisotopic (exact) mass is 240 g/mol. The molecule has 5 nitrogen and oxygen atoms in total. The quantitative estimate of drug-likeness (QED) is 0.800. The van der Waals surface area contributed by atoms with Crippen molar-refractivity contribution in [1.82, 2.24) is 15.5 Å². The van der Waals surface area contributed by atoms with Gasteiger partial charge in [0.1, 0.15) is 0 Å². The summed E-state index contributed by atoms with van der Waals surface area (Å²) in [4.78, 5) is 0. The van der Waals surface area contributed by atoms with E-state index in [-0.39, 0.29) is 11.5 Å². The zero-order chi connectivity index (χ0) is 12.9. The lowest BCUT2D eigenvalue weighted by atomic mass is 9.97. The van der Waals surface area contributed by atoms with Crippen molar-refractivity contribution in [2.75, 3.05) is 18.4 Å². The average molecular weight is 240 g/mol. The highest BCUT2D eigenvalue weighted by Crippen LogP contribution is 2.17. The van der Waals surface area contributed by atoms with E-state index in [1.165, 1.54) is 0 Å². The van der Waals surface area contributed by atoms with Crippen molar-refractivity contribution in [3.63, 3.8) is 0 Å². The number of nitrogens with zero attached hydrogens (tertiary/aromatic N) is 2. The maximum atomic E-state index is 5.54. The Morgan fingerprint density at radius 3 is 2.59 bits per heavy atom. The topological polar surface area (TPSA) is 63.0 Å². The van der Waals surface area contributed by atoms with E-state index in [4.69, 9.17) is 4.42 Å². The summed E-state index contributed by atoms with van der Waals surface area (Å²) in [6, 6.07) is 0.604. The molecule has 2 N–H and O–H groups in total. The molecule has 0 aliphatic heterocycles. The molecule has 0 fully saturated rings. The number of rotatable bonds is 6. The summed E-state index contributed by atoms with van der Waals surface area (Å²) in [5.74, 6) is 0.634.